The van der Waals surface area contributed by atoms with Crippen molar-refractivity contribution in [3.63, 3.8) is 0 Å². The fraction of sp³-hybridized carbons (Fsp3) is 0.185. The van der Waals surface area contributed by atoms with Crippen LogP contribution in [0.4, 0.5) is 0 Å². The summed E-state index contributed by atoms with van der Waals surface area (Å²) in [5, 5.41) is 0. The largest absolute Gasteiger partial charge is 0.493 e. The highest BCUT2D eigenvalue weighted by Gasteiger charge is 2.31. The maximum atomic E-state index is 12.9. The van der Waals surface area contributed by atoms with Gasteiger partial charge in [-0.3, -0.25) is 9.69 Å². The molecule has 7 heteroatoms. The minimum Gasteiger partial charge on any atom is -0.493 e. The average molecular weight is 492 g/mol. The molecule has 0 aromatic heterocycles. The van der Waals surface area contributed by atoms with Gasteiger partial charge in [0.25, 0.3) is 5.91 Å². The van der Waals surface area contributed by atoms with Crippen LogP contribution in [0.1, 0.15) is 17.5 Å². The summed E-state index contributed by atoms with van der Waals surface area (Å²) in [6.07, 6.45) is 2.59. The first-order valence-corrected chi connectivity index (χ1v) is 12.1. The smallest absolute Gasteiger partial charge is 0.266 e. The summed E-state index contributed by atoms with van der Waals surface area (Å²) >= 11 is 6.78. The van der Waals surface area contributed by atoms with E-state index < -0.39 is 0 Å². The van der Waals surface area contributed by atoms with Gasteiger partial charge in [-0.25, -0.2) is 0 Å². The quantitative estimate of drug-likeness (QED) is 0.199. The molecule has 3 aromatic rings. The lowest BCUT2D eigenvalue weighted by Crippen LogP contribution is -2.27. The molecule has 3 aromatic carbocycles. The van der Waals surface area contributed by atoms with E-state index in [2.05, 4.69) is 0 Å². The van der Waals surface area contributed by atoms with Crippen molar-refractivity contribution in [2.45, 2.75) is 13.0 Å². The molecule has 0 saturated carbocycles. The number of benzene rings is 3. The number of ether oxygens (including phenoxy) is 3. The standard InChI is InChI=1S/C27H25NO4S2/c1-30-23-13-5-6-14-24(23)32-16-8-15-31-22-12-7-11-21(17-22)18-25-26(29)28(27(33)34-25)19-20-9-3-2-4-10-20/h2-7,9-14,17-18H,8,15-16,19H2,1H3/b25-18-. The van der Waals surface area contributed by atoms with E-state index in [4.69, 9.17) is 26.4 Å². The predicted octanol–water partition coefficient (Wildman–Crippen LogP) is 5.94. The summed E-state index contributed by atoms with van der Waals surface area (Å²) < 4.78 is 17.5. The van der Waals surface area contributed by atoms with Crippen molar-refractivity contribution >= 4 is 40.3 Å². The molecular weight excluding hydrogens is 466 g/mol. The molecule has 0 N–H and O–H groups in total. The Balaban J connectivity index is 1.30. The number of para-hydroxylation sites is 2. The molecular formula is C27H25NO4S2. The van der Waals surface area contributed by atoms with Gasteiger partial charge in [0.05, 0.1) is 31.8 Å². The van der Waals surface area contributed by atoms with Crippen molar-refractivity contribution < 1.29 is 19.0 Å². The molecule has 5 nitrogen and oxygen atoms in total. The fourth-order valence-electron chi connectivity index (χ4n) is 3.42. The third kappa shape index (κ3) is 6.18. The van der Waals surface area contributed by atoms with Gasteiger partial charge in [0.15, 0.2) is 11.5 Å². The molecule has 0 unspecified atom stereocenters. The number of thioether (sulfide) groups is 1. The molecule has 4 rings (SSSR count). The van der Waals surface area contributed by atoms with Crippen molar-refractivity contribution in [1.29, 1.82) is 0 Å². The van der Waals surface area contributed by atoms with Gasteiger partial charge in [-0.15, -0.1) is 0 Å². The Morgan fingerprint density at radius 1 is 0.912 bits per heavy atom. The normalized spacial score (nSPS) is 14.5. The van der Waals surface area contributed by atoms with Crippen LogP contribution in [-0.4, -0.2) is 35.5 Å². The number of nitrogens with zero attached hydrogens (tertiary/aromatic N) is 1. The maximum absolute atomic E-state index is 12.9. The summed E-state index contributed by atoms with van der Waals surface area (Å²) in [7, 11) is 1.62. The average Bonchev–Trinajstić information content (AvgIpc) is 3.12. The lowest BCUT2D eigenvalue weighted by molar-refractivity contribution is -0.122. The number of amides is 1. The van der Waals surface area contributed by atoms with Crippen LogP contribution in [0, 0.1) is 0 Å². The second-order valence-electron chi connectivity index (χ2n) is 7.53. The van der Waals surface area contributed by atoms with E-state index in [1.54, 1.807) is 12.0 Å². The minimum absolute atomic E-state index is 0.0707. The Morgan fingerprint density at radius 2 is 1.65 bits per heavy atom. The van der Waals surface area contributed by atoms with Crippen LogP contribution in [0.15, 0.2) is 83.8 Å². The van der Waals surface area contributed by atoms with E-state index >= 15 is 0 Å². The van der Waals surface area contributed by atoms with Crippen molar-refractivity contribution in [3.05, 3.63) is 94.9 Å². The number of rotatable bonds is 10. The topological polar surface area (TPSA) is 48.0 Å². The molecule has 1 saturated heterocycles. The van der Waals surface area contributed by atoms with E-state index in [1.165, 1.54) is 11.8 Å². The van der Waals surface area contributed by atoms with Crippen molar-refractivity contribution in [2.24, 2.45) is 0 Å². The molecule has 0 radical (unpaired) electrons. The summed E-state index contributed by atoms with van der Waals surface area (Å²) in [5.74, 6) is 2.10. The first-order valence-electron chi connectivity index (χ1n) is 10.9. The van der Waals surface area contributed by atoms with E-state index in [1.807, 2.05) is 84.9 Å². The van der Waals surface area contributed by atoms with E-state index in [9.17, 15) is 4.79 Å². The van der Waals surface area contributed by atoms with Gasteiger partial charge in [0.2, 0.25) is 0 Å². The van der Waals surface area contributed by atoms with Crippen molar-refractivity contribution in [1.82, 2.24) is 4.90 Å². The fourth-order valence-corrected chi connectivity index (χ4v) is 4.67. The van der Waals surface area contributed by atoms with Gasteiger partial charge in [0.1, 0.15) is 10.1 Å². The third-order valence-electron chi connectivity index (χ3n) is 5.10. The van der Waals surface area contributed by atoms with Gasteiger partial charge in [-0.1, -0.05) is 78.6 Å². The minimum atomic E-state index is -0.0707. The molecule has 0 aliphatic carbocycles. The van der Waals surface area contributed by atoms with Gasteiger partial charge in [-0.2, -0.15) is 0 Å². The number of hydrogen-bond acceptors (Lipinski definition) is 6. The highest BCUT2D eigenvalue weighted by Crippen LogP contribution is 2.34. The molecule has 0 atom stereocenters. The number of hydrogen-bond donors (Lipinski definition) is 0. The van der Waals surface area contributed by atoms with Crippen molar-refractivity contribution in [2.75, 3.05) is 20.3 Å². The maximum Gasteiger partial charge on any atom is 0.266 e. The van der Waals surface area contributed by atoms with Crippen molar-refractivity contribution in [3.8, 4) is 17.2 Å². The third-order valence-corrected chi connectivity index (χ3v) is 6.47. The zero-order chi connectivity index (χ0) is 23.8. The monoisotopic (exact) mass is 491 g/mol. The van der Waals surface area contributed by atoms with Crippen LogP contribution in [-0.2, 0) is 11.3 Å². The number of thiocarbonyl (C=S) groups is 1. The molecule has 1 aliphatic rings. The lowest BCUT2D eigenvalue weighted by Gasteiger charge is -2.14. The van der Waals surface area contributed by atoms with Crippen LogP contribution < -0.4 is 14.2 Å². The predicted molar refractivity (Wildman–Crippen MR) is 140 cm³/mol. The molecule has 1 heterocycles. The zero-order valence-corrected chi connectivity index (χ0v) is 20.4. The van der Waals surface area contributed by atoms with Crippen LogP contribution in [0.25, 0.3) is 6.08 Å². The Kier molecular flexibility index (Phi) is 8.22. The highest BCUT2D eigenvalue weighted by molar-refractivity contribution is 8.26. The molecule has 1 amide bonds. The van der Waals surface area contributed by atoms with Gasteiger partial charge < -0.3 is 14.2 Å². The number of carbonyl (C=O) groups is 1. The lowest BCUT2D eigenvalue weighted by atomic mass is 10.2. The van der Waals surface area contributed by atoms with Gasteiger partial charge in [-0.05, 0) is 41.5 Å². The molecule has 0 bridgehead atoms. The SMILES string of the molecule is COc1ccccc1OCCCOc1cccc(/C=C2\SC(=S)N(Cc3ccccc3)C2=O)c1. The Bertz CT molecular complexity index is 1180. The second kappa shape index (κ2) is 11.7. The number of methoxy groups -OCH3 is 1. The summed E-state index contributed by atoms with van der Waals surface area (Å²) in [6, 6.07) is 25.1. The molecule has 174 valence electrons. The summed E-state index contributed by atoms with van der Waals surface area (Å²) in [5.41, 5.74) is 1.94. The first-order chi connectivity index (χ1) is 16.6. The Labute approximate surface area is 209 Å². The molecule has 1 aliphatic heterocycles. The van der Waals surface area contributed by atoms with E-state index in [-0.39, 0.29) is 5.91 Å². The van der Waals surface area contributed by atoms with E-state index in [0.29, 0.717) is 34.7 Å². The Morgan fingerprint density at radius 3 is 2.44 bits per heavy atom. The molecule has 34 heavy (non-hydrogen) atoms. The first kappa shape index (κ1) is 23.9. The van der Waals surface area contributed by atoms with Gasteiger partial charge in [0, 0.05) is 6.42 Å². The highest BCUT2D eigenvalue weighted by atomic mass is 32.2. The van der Waals surface area contributed by atoms with Crippen LogP contribution in [0.2, 0.25) is 0 Å². The van der Waals surface area contributed by atoms with Crippen LogP contribution >= 0.6 is 24.0 Å². The van der Waals surface area contributed by atoms with Gasteiger partial charge >= 0.3 is 0 Å². The molecule has 0 spiro atoms. The Hall–Kier alpha value is -3.29. The van der Waals surface area contributed by atoms with Crippen LogP contribution in [0.5, 0.6) is 17.2 Å². The number of carbonyl (C=O) groups excluding carboxylic acids is 1. The van der Waals surface area contributed by atoms with Crippen LogP contribution in [0.3, 0.4) is 0 Å². The zero-order valence-electron chi connectivity index (χ0n) is 18.8. The molecule has 1 fully saturated rings. The summed E-state index contributed by atoms with van der Waals surface area (Å²) in [6.45, 7) is 1.50. The van der Waals surface area contributed by atoms with E-state index in [0.717, 1.165) is 29.0 Å². The second-order valence-corrected chi connectivity index (χ2v) is 9.20. The summed E-state index contributed by atoms with van der Waals surface area (Å²) in [4.78, 5) is 15.2.